The van der Waals surface area contributed by atoms with E-state index < -0.39 is 0 Å². The van der Waals surface area contributed by atoms with Gasteiger partial charge in [0.1, 0.15) is 6.29 Å². The summed E-state index contributed by atoms with van der Waals surface area (Å²) in [6, 6.07) is 0. The maximum Gasteiger partial charge on any atom is 0.121 e. The third kappa shape index (κ3) is 2.81. The van der Waals surface area contributed by atoms with Gasteiger partial charge in [-0.3, -0.25) is 0 Å². The molecule has 0 spiro atoms. The van der Waals surface area contributed by atoms with Crippen LogP contribution in [0, 0.1) is 5.92 Å². The molecular weight excluding hydrogens is 168 g/mol. The van der Waals surface area contributed by atoms with Crippen LogP contribution in [-0.4, -0.2) is 17.3 Å². The molecule has 1 aliphatic carbocycles. The Morgan fingerprint density at radius 1 is 1.50 bits per heavy atom. The molecule has 1 saturated carbocycles. The Morgan fingerprint density at radius 2 is 2.17 bits per heavy atom. The van der Waals surface area contributed by atoms with Gasteiger partial charge in [-0.05, 0) is 24.5 Å². The first kappa shape index (κ1) is 10.1. The van der Waals surface area contributed by atoms with E-state index in [-0.39, 0.29) is 0 Å². The van der Waals surface area contributed by atoms with Crippen molar-refractivity contribution in [3.63, 3.8) is 0 Å². The van der Waals surface area contributed by atoms with Gasteiger partial charge in [-0.25, -0.2) is 0 Å². The first-order valence-electron chi connectivity index (χ1n) is 4.93. The Kier molecular flexibility index (Phi) is 4.74. The lowest BCUT2D eigenvalue weighted by Crippen LogP contribution is -2.15. The molecule has 1 fully saturated rings. The topological polar surface area (TPSA) is 17.1 Å². The zero-order valence-electron chi connectivity index (χ0n) is 7.79. The van der Waals surface area contributed by atoms with Crippen LogP contribution in [0.15, 0.2) is 0 Å². The van der Waals surface area contributed by atoms with E-state index >= 15 is 0 Å². The fourth-order valence-electron chi connectivity index (χ4n) is 2.03. The van der Waals surface area contributed by atoms with E-state index in [2.05, 4.69) is 6.92 Å². The van der Waals surface area contributed by atoms with Crippen LogP contribution in [0.4, 0.5) is 0 Å². The Hall–Kier alpha value is 0.0200. The minimum absolute atomic E-state index is 0.620. The van der Waals surface area contributed by atoms with Crippen LogP contribution in [0.25, 0.3) is 0 Å². The average Bonchev–Trinajstić information content (AvgIpc) is 2.56. The van der Waals surface area contributed by atoms with Gasteiger partial charge in [-0.2, -0.15) is 11.8 Å². The van der Waals surface area contributed by atoms with Crippen molar-refractivity contribution in [2.75, 3.05) is 5.75 Å². The summed E-state index contributed by atoms with van der Waals surface area (Å²) < 4.78 is 0. The summed E-state index contributed by atoms with van der Waals surface area (Å²) in [6.07, 6.45) is 7.32. The van der Waals surface area contributed by atoms with Gasteiger partial charge in [0, 0.05) is 11.7 Å². The normalized spacial score (nSPS) is 21.1. The molecule has 0 aliphatic heterocycles. The van der Waals surface area contributed by atoms with Crippen LogP contribution >= 0.6 is 11.8 Å². The lowest BCUT2D eigenvalue weighted by molar-refractivity contribution is -0.108. The van der Waals surface area contributed by atoms with Gasteiger partial charge in [-0.1, -0.05) is 19.8 Å². The van der Waals surface area contributed by atoms with Crippen LogP contribution in [0.3, 0.4) is 0 Å². The average molecular weight is 186 g/mol. The maximum atomic E-state index is 10.4. The second kappa shape index (κ2) is 5.63. The summed E-state index contributed by atoms with van der Waals surface area (Å²) in [4.78, 5) is 10.4. The number of carbonyl (C=O) groups is 1. The predicted molar refractivity (Wildman–Crippen MR) is 54.6 cm³/mol. The second-order valence-electron chi connectivity index (χ2n) is 3.44. The molecule has 1 rings (SSSR count). The smallest absolute Gasteiger partial charge is 0.121 e. The molecular formula is C10H18OS. The number of hydrogen-bond donors (Lipinski definition) is 0. The van der Waals surface area contributed by atoms with E-state index in [1.807, 2.05) is 11.8 Å². The maximum absolute atomic E-state index is 10.4. The zero-order chi connectivity index (χ0) is 8.81. The summed E-state index contributed by atoms with van der Waals surface area (Å²) >= 11 is 1.97. The van der Waals surface area contributed by atoms with Crippen molar-refractivity contribution >= 4 is 18.0 Å². The van der Waals surface area contributed by atoms with Crippen molar-refractivity contribution in [2.24, 2.45) is 5.92 Å². The molecule has 0 aromatic rings. The van der Waals surface area contributed by atoms with Gasteiger partial charge < -0.3 is 4.79 Å². The quantitative estimate of drug-likeness (QED) is 0.614. The molecule has 0 aromatic carbocycles. The third-order valence-electron chi connectivity index (χ3n) is 2.63. The van der Waals surface area contributed by atoms with Crippen molar-refractivity contribution in [1.82, 2.24) is 0 Å². The highest BCUT2D eigenvalue weighted by atomic mass is 32.2. The first-order chi connectivity index (χ1) is 5.88. The molecule has 0 bridgehead atoms. The highest BCUT2D eigenvalue weighted by Crippen LogP contribution is 2.34. The minimum Gasteiger partial charge on any atom is -0.303 e. The van der Waals surface area contributed by atoms with Gasteiger partial charge in [0.25, 0.3) is 0 Å². The lowest BCUT2D eigenvalue weighted by atomic mass is 10.0. The van der Waals surface area contributed by atoms with Crippen LogP contribution in [0.5, 0.6) is 0 Å². The summed E-state index contributed by atoms with van der Waals surface area (Å²) in [5.74, 6) is 1.98. The fourth-order valence-corrected chi connectivity index (χ4v) is 3.22. The summed E-state index contributed by atoms with van der Waals surface area (Å²) in [5.41, 5.74) is 0. The predicted octanol–water partition coefficient (Wildman–Crippen LogP) is 2.89. The van der Waals surface area contributed by atoms with E-state index in [0.29, 0.717) is 5.25 Å². The summed E-state index contributed by atoms with van der Waals surface area (Å²) in [7, 11) is 0. The molecule has 1 unspecified atom stereocenters. The largest absolute Gasteiger partial charge is 0.303 e. The summed E-state index contributed by atoms with van der Waals surface area (Å²) in [5, 5.41) is 0.620. The highest BCUT2D eigenvalue weighted by Gasteiger charge is 2.24. The van der Waals surface area contributed by atoms with E-state index in [9.17, 15) is 4.79 Å². The Labute approximate surface area is 79.3 Å². The molecule has 1 nitrogen and oxygen atoms in total. The van der Waals surface area contributed by atoms with Crippen molar-refractivity contribution in [3.8, 4) is 0 Å². The SMILES string of the molecule is CCSC(CC=O)C1CCCC1. The molecule has 70 valence electrons. The van der Waals surface area contributed by atoms with E-state index in [1.165, 1.54) is 25.7 Å². The fraction of sp³-hybridized carbons (Fsp3) is 0.900. The number of thioether (sulfide) groups is 1. The Balaban J connectivity index is 2.33. The van der Waals surface area contributed by atoms with Gasteiger partial charge in [0.2, 0.25) is 0 Å². The molecule has 12 heavy (non-hydrogen) atoms. The molecule has 0 aromatic heterocycles. The molecule has 0 radical (unpaired) electrons. The monoisotopic (exact) mass is 186 g/mol. The third-order valence-corrected chi connectivity index (χ3v) is 3.97. The minimum atomic E-state index is 0.620. The molecule has 0 saturated heterocycles. The standard InChI is InChI=1S/C10H18OS/c1-2-12-10(7-8-11)9-5-3-4-6-9/h8-10H,2-7H2,1H3. The Morgan fingerprint density at radius 3 is 2.67 bits per heavy atom. The van der Waals surface area contributed by atoms with Crippen LogP contribution < -0.4 is 0 Å². The molecule has 0 amide bonds. The molecule has 1 aliphatic rings. The van der Waals surface area contributed by atoms with Gasteiger partial charge in [0.05, 0.1) is 0 Å². The van der Waals surface area contributed by atoms with E-state index in [1.54, 1.807) is 0 Å². The summed E-state index contributed by atoms with van der Waals surface area (Å²) in [6.45, 7) is 2.18. The molecule has 0 heterocycles. The van der Waals surface area contributed by atoms with Crippen molar-refractivity contribution in [3.05, 3.63) is 0 Å². The molecule has 2 heteroatoms. The molecule has 0 N–H and O–H groups in total. The van der Waals surface area contributed by atoms with Gasteiger partial charge in [-0.15, -0.1) is 0 Å². The van der Waals surface area contributed by atoms with Crippen molar-refractivity contribution in [2.45, 2.75) is 44.3 Å². The van der Waals surface area contributed by atoms with Crippen LogP contribution in [0.2, 0.25) is 0 Å². The van der Waals surface area contributed by atoms with Gasteiger partial charge in [0.15, 0.2) is 0 Å². The van der Waals surface area contributed by atoms with Crippen molar-refractivity contribution in [1.29, 1.82) is 0 Å². The van der Waals surface area contributed by atoms with E-state index in [0.717, 1.165) is 24.4 Å². The van der Waals surface area contributed by atoms with Crippen molar-refractivity contribution < 1.29 is 4.79 Å². The lowest BCUT2D eigenvalue weighted by Gasteiger charge is -2.19. The van der Waals surface area contributed by atoms with Crippen LogP contribution in [0.1, 0.15) is 39.0 Å². The zero-order valence-corrected chi connectivity index (χ0v) is 8.61. The second-order valence-corrected chi connectivity index (χ2v) is 4.96. The first-order valence-corrected chi connectivity index (χ1v) is 5.98. The van der Waals surface area contributed by atoms with Crippen LogP contribution in [-0.2, 0) is 4.79 Å². The highest BCUT2D eigenvalue weighted by molar-refractivity contribution is 7.99. The molecule has 1 atom stereocenters. The van der Waals surface area contributed by atoms with Gasteiger partial charge >= 0.3 is 0 Å². The number of aldehydes is 1. The number of carbonyl (C=O) groups excluding carboxylic acids is 1. The number of hydrogen-bond acceptors (Lipinski definition) is 2. The van der Waals surface area contributed by atoms with E-state index in [4.69, 9.17) is 0 Å². The number of rotatable bonds is 5. The Bertz CT molecular complexity index is 130.